The molecular weight excluding hydrogens is 404 g/mol. The molecule has 0 radical (unpaired) electrons. The van der Waals surface area contributed by atoms with Gasteiger partial charge < -0.3 is 5.32 Å². The van der Waals surface area contributed by atoms with Crippen LogP contribution in [0.1, 0.15) is 64.3 Å². The van der Waals surface area contributed by atoms with E-state index in [2.05, 4.69) is 27.0 Å². The van der Waals surface area contributed by atoms with Crippen LogP contribution in [-0.2, 0) is 4.79 Å². The van der Waals surface area contributed by atoms with Crippen molar-refractivity contribution in [2.24, 2.45) is 5.92 Å². The number of nitrogens with zero attached hydrogens (tertiary/aromatic N) is 3. The van der Waals surface area contributed by atoms with Gasteiger partial charge in [0.1, 0.15) is 0 Å². The number of benzene rings is 1. The van der Waals surface area contributed by atoms with Crippen LogP contribution in [0.3, 0.4) is 0 Å². The number of amides is 1. The molecule has 2 aliphatic carbocycles. The second-order valence-electron chi connectivity index (χ2n) is 8.41. The van der Waals surface area contributed by atoms with E-state index >= 15 is 0 Å². The molecule has 0 spiro atoms. The Bertz CT molecular complexity index is 841. The molecule has 0 atom stereocenters. The largest absolute Gasteiger partial charge is 0.353 e. The van der Waals surface area contributed by atoms with Crippen molar-refractivity contribution < 1.29 is 4.79 Å². The summed E-state index contributed by atoms with van der Waals surface area (Å²) in [5.74, 6) is 2.06. The van der Waals surface area contributed by atoms with E-state index < -0.39 is 0 Å². The van der Waals surface area contributed by atoms with Gasteiger partial charge in [-0.05, 0) is 56.6 Å². The molecule has 1 heterocycles. The van der Waals surface area contributed by atoms with Crippen molar-refractivity contribution in [2.75, 3.05) is 5.75 Å². The molecular formula is C22H29ClN4OS. The minimum absolute atomic E-state index is 0.0924. The van der Waals surface area contributed by atoms with Gasteiger partial charge in [0.05, 0.1) is 10.8 Å². The van der Waals surface area contributed by atoms with Crippen LogP contribution < -0.4 is 5.32 Å². The van der Waals surface area contributed by atoms with Crippen molar-refractivity contribution >= 4 is 29.3 Å². The van der Waals surface area contributed by atoms with E-state index in [9.17, 15) is 4.79 Å². The molecule has 29 heavy (non-hydrogen) atoms. The van der Waals surface area contributed by atoms with Gasteiger partial charge in [0, 0.05) is 17.6 Å². The maximum Gasteiger partial charge on any atom is 0.230 e. The Balaban J connectivity index is 1.47. The highest BCUT2D eigenvalue weighted by Gasteiger charge is 2.26. The van der Waals surface area contributed by atoms with Gasteiger partial charge in [0.2, 0.25) is 5.91 Å². The Labute approximate surface area is 182 Å². The first-order chi connectivity index (χ1) is 14.1. The number of thioether (sulfide) groups is 1. The lowest BCUT2D eigenvalue weighted by molar-refractivity contribution is -0.119. The summed E-state index contributed by atoms with van der Waals surface area (Å²) in [5, 5.41) is 13.6. The summed E-state index contributed by atoms with van der Waals surface area (Å²) in [4.78, 5) is 12.5. The second-order valence-corrected chi connectivity index (χ2v) is 9.76. The molecule has 4 rings (SSSR count). The fourth-order valence-corrected chi connectivity index (χ4v) is 5.53. The average Bonchev–Trinajstić information content (AvgIpc) is 3.38. The first-order valence-electron chi connectivity index (χ1n) is 10.7. The number of carbonyl (C=O) groups excluding carboxylic acids is 1. The normalized spacial score (nSPS) is 22.7. The lowest BCUT2D eigenvalue weighted by Gasteiger charge is -2.26. The van der Waals surface area contributed by atoms with Gasteiger partial charge in [-0.25, -0.2) is 0 Å². The van der Waals surface area contributed by atoms with Gasteiger partial charge in [0.15, 0.2) is 11.0 Å². The number of aromatic nitrogens is 3. The van der Waals surface area contributed by atoms with E-state index in [4.69, 9.17) is 11.6 Å². The third kappa shape index (κ3) is 4.97. The Morgan fingerprint density at radius 1 is 1.14 bits per heavy atom. The standard InChI is InChI=1S/C22H29ClN4OS/c1-15-10-12-16(13-11-15)24-20(28)14-29-22-26-25-21(18-8-4-5-9-19(18)23)27(22)17-6-2-3-7-17/h4-5,8-9,15-17H,2-3,6-7,10-14H2,1H3,(H,24,28). The van der Waals surface area contributed by atoms with Crippen LogP contribution >= 0.6 is 23.4 Å². The molecule has 5 nitrogen and oxygen atoms in total. The number of carbonyl (C=O) groups is 1. The number of halogens is 1. The van der Waals surface area contributed by atoms with E-state index in [1.54, 1.807) is 0 Å². The maximum absolute atomic E-state index is 12.5. The molecule has 2 aliphatic rings. The highest BCUT2D eigenvalue weighted by atomic mass is 35.5. The first-order valence-corrected chi connectivity index (χ1v) is 12.1. The maximum atomic E-state index is 12.5. The van der Waals surface area contributed by atoms with Gasteiger partial charge >= 0.3 is 0 Å². The first kappa shape index (κ1) is 20.7. The van der Waals surface area contributed by atoms with Crippen LogP contribution in [0.15, 0.2) is 29.4 Å². The smallest absolute Gasteiger partial charge is 0.230 e. The van der Waals surface area contributed by atoms with Crippen LogP contribution in [0.25, 0.3) is 11.4 Å². The Morgan fingerprint density at radius 2 is 1.86 bits per heavy atom. The van der Waals surface area contributed by atoms with Gasteiger partial charge in [-0.2, -0.15) is 0 Å². The third-order valence-electron chi connectivity index (χ3n) is 6.18. The summed E-state index contributed by atoms with van der Waals surface area (Å²) in [6, 6.07) is 8.47. The molecule has 1 aromatic carbocycles. The van der Waals surface area contributed by atoms with Crippen molar-refractivity contribution in [1.29, 1.82) is 0 Å². The zero-order valence-electron chi connectivity index (χ0n) is 16.9. The fraction of sp³-hybridized carbons (Fsp3) is 0.591. The van der Waals surface area contributed by atoms with Crippen molar-refractivity contribution in [1.82, 2.24) is 20.1 Å². The fourth-order valence-electron chi connectivity index (χ4n) is 4.50. The summed E-state index contributed by atoms with van der Waals surface area (Å²) in [7, 11) is 0. The van der Waals surface area contributed by atoms with Crippen molar-refractivity contribution in [3.05, 3.63) is 29.3 Å². The van der Waals surface area contributed by atoms with Gasteiger partial charge in [-0.3, -0.25) is 9.36 Å². The molecule has 156 valence electrons. The van der Waals surface area contributed by atoms with E-state index in [0.717, 1.165) is 48.1 Å². The molecule has 1 N–H and O–H groups in total. The highest BCUT2D eigenvalue weighted by Crippen LogP contribution is 2.38. The molecule has 7 heteroatoms. The highest BCUT2D eigenvalue weighted by molar-refractivity contribution is 7.99. The van der Waals surface area contributed by atoms with Gasteiger partial charge in [0.25, 0.3) is 0 Å². The zero-order valence-corrected chi connectivity index (χ0v) is 18.5. The van der Waals surface area contributed by atoms with Crippen molar-refractivity contribution in [3.63, 3.8) is 0 Å². The van der Waals surface area contributed by atoms with Crippen molar-refractivity contribution in [3.8, 4) is 11.4 Å². The predicted molar refractivity (Wildman–Crippen MR) is 118 cm³/mol. The third-order valence-corrected chi connectivity index (χ3v) is 7.46. The van der Waals surface area contributed by atoms with Gasteiger partial charge in [-0.15, -0.1) is 10.2 Å². The summed E-state index contributed by atoms with van der Waals surface area (Å²) < 4.78 is 2.22. The minimum Gasteiger partial charge on any atom is -0.353 e. The number of nitrogens with one attached hydrogen (secondary N) is 1. The Kier molecular flexibility index (Phi) is 6.81. The van der Waals surface area contributed by atoms with E-state index in [-0.39, 0.29) is 5.91 Å². The van der Waals surface area contributed by atoms with Crippen LogP contribution in [0, 0.1) is 5.92 Å². The van der Waals surface area contributed by atoms with Crippen LogP contribution in [0.2, 0.25) is 5.02 Å². The Hall–Kier alpha value is -1.53. The average molecular weight is 433 g/mol. The molecule has 0 saturated heterocycles. The van der Waals surface area contributed by atoms with Gasteiger partial charge in [-0.1, -0.05) is 55.3 Å². The molecule has 1 aromatic heterocycles. The summed E-state index contributed by atoms with van der Waals surface area (Å²) in [6.07, 6.45) is 9.26. The van der Waals surface area contributed by atoms with Crippen molar-refractivity contribution in [2.45, 2.75) is 75.5 Å². The lowest BCUT2D eigenvalue weighted by atomic mass is 9.87. The number of hydrogen-bond donors (Lipinski definition) is 1. The molecule has 1 amide bonds. The Morgan fingerprint density at radius 3 is 2.59 bits per heavy atom. The summed E-state index contributed by atoms with van der Waals surface area (Å²) >= 11 is 7.93. The van der Waals surface area contributed by atoms with E-state index in [1.807, 2.05) is 24.3 Å². The van der Waals surface area contributed by atoms with Crippen LogP contribution in [-0.4, -0.2) is 32.5 Å². The monoisotopic (exact) mass is 432 g/mol. The molecule has 2 saturated carbocycles. The SMILES string of the molecule is CC1CCC(NC(=O)CSc2nnc(-c3ccccc3Cl)n2C2CCCC2)CC1. The molecule has 0 unspecified atom stereocenters. The van der Waals surface area contributed by atoms with E-state index in [1.165, 1.54) is 37.4 Å². The molecule has 2 aromatic rings. The molecule has 0 bridgehead atoms. The van der Waals surface area contributed by atoms with Crippen LogP contribution in [0.5, 0.6) is 0 Å². The molecule has 0 aliphatic heterocycles. The topological polar surface area (TPSA) is 59.8 Å². The van der Waals surface area contributed by atoms with Crippen LogP contribution in [0.4, 0.5) is 0 Å². The predicted octanol–water partition coefficient (Wildman–Crippen LogP) is 5.50. The minimum atomic E-state index is 0.0924. The molecule has 2 fully saturated rings. The quantitative estimate of drug-likeness (QED) is 0.612. The summed E-state index contributed by atoms with van der Waals surface area (Å²) in [5.41, 5.74) is 0.904. The summed E-state index contributed by atoms with van der Waals surface area (Å²) in [6.45, 7) is 2.29. The second kappa shape index (κ2) is 9.52. The zero-order chi connectivity index (χ0) is 20.2. The number of hydrogen-bond acceptors (Lipinski definition) is 4. The van der Waals surface area contributed by atoms with E-state index in [0.29, 0.717) is 22.9 Å². The lowest BCUT2D eigenvalue weighted by Crippen LogP contribution is -2.38. The number of rotatable bonds is 6.